The van der Waals surface area contributed by atoms with Crippen LogP contribution in [-0.2, 0) is 21.1 Å². The highest BCUT2D eigenvalue weighted by Gasteiger charge is 2.30. The Bertz CT molecular complexity index is 730. The number of aryl methyl sites for hydroxylation is 1. The average molecular weight is 400 g/mol. The summed E-state index contributed by atoms with van der Waals surface area (Å²) in [5.74, 6) is 1.36. The van der Waals surface area contributed by atoms with Gasteiger partial charge in [0.2, 0.25) is 0 Å². The maximum Gasteiger partial charge on any atom is 0.191 e. The third-order valence-electron chi connectivity index (χ3n) is 4.33. The Morgan fingerprint density at radius 2 is 1.93 bits per heavy atom. The first-order valence-corrected chi connectivity index (χ1v) is 10.8. The first-order valence-electron chi connectivity index (χ1n) is 8.96. The van der Waals surface area contributed by atoms with Crippen molar-refractivity contribution in [3.05, 3.63) is 29.3 Å². The quantitative estimate of drug-likeness (QED) is 0.355. The number of sulfone groups is 1. The van der Waals surface area contributed by atoms with E-state index in [1.807, 2.05) is 25.1 Å². The molecule has 0 aliphatic heterocycles. The Balaban J connectivity index is 2.69. The van der Waals surface area contributed by atoms with E-state index in [1.165, 1.54) is 6.26 Å². The fourth-order valence-corrected chi connectivity index (χ4v) is 2.49. The monoisotopic (exact) mass is 399 g/mol. The average Bonchev–Trinajstić information content (AvgIpc) is 2.59. The normalized spacial score (nSPS) is 12.7. The van der Waals surface area contributed by atoms with Crippen molar-refractivity contribution in [1.29, 1.82) is 0 Å². The van der Waals surface area contributed by atoms with Crippen molar-refractivity contribution in [3.8, 4) is 5.75 Å². The van der Waals surface area contributed by atoms with Crippen molar-refractivity contribution in [2.45, 2.75) is 38.5 Å². The molecule has 1 aromatic carbocycles. The molecule has 0 unspecified atom stereocenters. The van der Waals surface area contributed by atoms with Gasteiger partial charge in [-0.3, -0.25) is 4.99 Å². The van der Waals surface area contributed by atoms with Crippen LogP contribution in [0.1, 0.15) is 31.4 Å². The fraction of sp³-hybridized carbons (Fsp3) is 0.632. The molecule has 154 valence electrons. The summed E-state index contributed by atoms with van der Waals surface area (Å²) in [6.45, 7) is 7.42. The van der Waals surface area contributed by atoms with Crippen molar-refractivity contribution in [1.82, 2.24) is 10.6 Å². The van der Waals surface area contributed by atoms with Crippen LogP contribution < -0.4 is 15.4 Å². The van der Waals surface area contributed by atoms with E-state index in [4.69, 9.17) is 9.47 Å². The molecule has 0 atom stereocenters. The lowest BCUT2D eigenvalue weighted by molar-refractivity contribution is 0.171. The summed E-state index contributed by atoms with van der Waals surface area (Å²) in [5.41, 5.74) is 2.13. The van der Waals surface area contributed by atoms with Crippen LogP contribution in [0.25, 0.3) is 0 Å². The molecule has 27 heavy (non-hydrogen) atoms. The summed E-state index contributed by atoms with van der Waals surface area (Å²) in [7, 11) is 0.150. The Morgan fingerprint density at radius 1 is 1.22 bits per heavy atom. The Hall–Kier alpha value is -1.80. The third kappa shape index (κ3) is 7.76. The van der Waals surface area contributed by atoms with Crippen LogP contribution in [0, 0.1) is 6.92 Å². The number of aliphatic imine (C=N–C) groups is 1. The third-order valence-corrected chi connectivity index (χ3v) is 6.48. The zero-order valence-corrected chi connectivity index (χ0v) is 18.1. The molecule has 0 aliphatic rings. The number of hydrogen-bond donors (Lipinski definition) is 2. The second-order valence-corrected chi connectivity index (χ2v) is 9.77. The predicted octanol–water partition coefficient (Wildman–Crippen LogP) is 1.90. The van der Waals surface area contributed by atoms with E-state index in [1.54, 1.807) is 28.0 Å². The van der Waals surface area contributed by atoms with Crippen molar-refractivity contribution >= 4 is 15.8 Å². The number of benzene rings is 1. The maximum absolute atomic E-state index is 11.8. The summed E-state index contributed by atoms with van der Waals surface area (Å²) in [6.07, 6.45) is 2.06. The molecule has 1 aromatic rings. The van der Waals surface area contributed by atoms with Crippen LogP contribution in [0.5, 0.6) is 5.75 Å². The van der Waals surface area contributed by atoms with Gasteiger partial charge in [-0.1, -0.05) is 12.1 Å². The number of ether oxygens (including phenoxy) is 2. The zero-order valence-electron chi connectivity index (χ0n) is 17.3. The van der Waals surface area contributed by atoms with Crippen LogP contribution in [0.15, 0.2) is 23.2 Å². The lowest BCUT2D eigenvalue weighted by atomic mass is 10.1. The number of nitrogens with one attached hydrogen (secondary N) is 2. The Morgan fingerprint density at radius 3 is 2.52 bits per heavy atom. The van der Waals surface area contributed by atoms with Crippen molar-refractivity contribution in [2.75, 3.05) is 40.2 Å². The predicted molar refractivity (Wildman–Crippen MR) is 110 cm³/mol. The van der Waals surface area contributed by atoms with Gasteiger partial charge < -0.3 is 20.1 Å². The van der Waals surface area contributed by atoms with Crippen molar-refractivity contribution in [3.63, 3.8) is 0 Å². The molecule has 0 saturated carbocycles. The van der Waals surface area contributed by atoms with E-state index >= 15 is 0 Å². The topological polar surface area (TPSA) is 89.0 Å². The van der Waals surface area contributed by atoms with Crippen molar-refractivity contribution in [2.24, 2.45) is 4.99 Å². The van der Waals surface area contributed by atoms with E-state index in [-0.39, 0.29) is 6.54 Å². The Labute approximate surface area is 163 Å². The number of hydrogen-bond acceptors (Lipinski definition) is 5. The molecule has 0 bridgehead atoms. The fourth-order valence-electron chi connectivity index (χ4n) is 2.15. The maximum atomic E-state index is 11.8. The lowest BCUT2D eigenvalue weighted by Crippen LogP contribution is -2.47. The molecule has 0 fully saturated rings. The van der Waals surface area contributed by atoms with Crippen molar-refractivity contribution < 1.29 is 17.9 Å². The van der Waals surface area contributed by atoms with Gasteiger partial charge in [0.25, 0.3) is 0 Å². The number of nitrogens with zero attached hydrogens (tertiary/aromatic N) is 1. The molecule has 0 spiro atoms. The Kier molecular flexibility index (Phi) is 9.05. The molecule has 1 rings (SSSR count). The largest absolute Gasteiger partial charge is 0.493 e. The first kappa shape index (κ1) is 23.2. The SMILES string of the molecule is CN=C(NCc1ccc(C)cc1OCCCOC)NCC(C)(C)S(C)(=O)=O. The van der Waals surface area contributed by atoms with E-state index in [0.717, 1.165) is 23.3 Å². The molecule has 0 radical (unpaired) electrons. The van der Waals surface area contributed by atoms with E-state index in [0.29, 0.717) is 25.7 Å². The summed E-state index contributed by atoms with van der Waals surface area (Å²) in [6, 6.07) is 6.05. The van der Waals surface area contributed by atoms with E-state index in [9.17, 15) is 8.42 Å². The van der Waals surface area contributed by atoms with Crippen LogP contribution in [0.2, 0.25) is 0 Å². The molecular formula is C19H33N3O4S. The standard InChI is InChI=1S/C19H33N3O4S/c1-15-8-9-16(17(12-15)26-11-7-10-25-5)13-21-18(20-4)22-14-19(2,3)27(6,23)24/h8-9,12H,7,10-11,13-14H2,1-6H3,(H2,20,21,22). The molecule has 7 nitrogen and oxygen atoms in total. The molecule has 0 amide bonds. The zero-order chi connectivity index (χ0) is 20.5. The molecule has 0 heterocycles. The molecule has 0 aliphatic carbocycles. The number of methoxy groups -OCH3 is 1. The van der Waals surface area contributed by atoms with Crippen LogP contribution >= 0.6 is 0 Å². The second kappa shape index (κ2) is 10.5. The summed E-state index contributed by atoms with van der Waals surface area (Å²) >= 11 is 0. The molecule has 2 N–H and O–H groups in total. The second-order valence-electron chi connectivity index (χ2n) is 7.12. The summed E-state index contributed by atoms with van der Waals surface area (Å²) < 4.78 is 33.7. The molecular weight excluding hydrogens is 366 g/mol. The van der Waals surface area contributed by atoms with Gasteiger partial charge in [0.15, 0.2) is 15.8 Å². The van der Waals surface area contributed by atoms with E-state index < -0.39 is 14.6 Å². The lowest BCUT2D eigenvalue weighted by Gasteiger charge is -2.24. The highest BCUT2D eigenvalue weighted by atomic mass is 32.2. The molecule has 0 saturated heterocycles. The van der Waals surface area contributed by atoms with Gasteiger partial charge in [-0.2, -0.15) is 0 Å². The van der Waals surface area contributed by atoms with Crippen LogP contribution in [0.4, 0.5) is 0 Å². The first-order chi connectivity index (χ1) is 12.6. The highest BCUT2D eigenvalue weighted by molar-refractivity contribution is 7.92. The minimum atomic E-state index is -3.18. The summed E-state index contributed by atoms with van der Waals surface area (Å²) in [4.78, 5) is 4.16. The van der Waals surface area contributed by atoms with Gasteiger partial charge in [0, 0.05) is 52.1 Å². The smallest absolute Gasteiger partial charge is 0.191 e. The van der Waals surface area contributed by atoms with Crippen LogP contribution in [-0.4, -0.2) is 59.3 Å². The van der Waals surface area contributed by atoms with Crippen LogP contribution in [0.3, 0.4) is 0 Å². The number of rotatable bonds is 10. The molecule has 0 aromatic heterocycles. The summed E-state index contributed by atoms with van der Waals surface area (Å²) in [5, 5.41) is 6.29. The minimum Gasteiger partial charge on any atom is -0.493 e. The van der Waals surface area contributed by atoms with Gasteiger partial charge in [0.1, 0.15) is 5.75 Å². The number of guanidine groups is 1. The van der Waals surface area contributed by atoms with Gasteiger partial charge in [0.05, 0.1) is 11.4 Å². The van der Waals surface area contributed by atoms with E-state index in [2.05, 4.69) is 15.6 Å². The minimum absolute atomic E-state index is 0.264. The van der Waals surface area contributed by atoms with Gasteiger partial charge in [-0.25, -0.2) is 8.42 Å². The van der Waals surface area contributed by atoms with Gasteiger partial charge >= 0.3 is 0 Å². The van der Waals surface area contributed by atoms with Gasteiger partial charge in [-0.15, -0.1) is 0 Å². The molecule has 8 heteroatoms. The highest BCUT2D eigenvalue weighted by Crippen LogP contribution is 2.20. The van der Waals surface area contributed by atoms with Gasteiger partial charge in [-0.05, 0) is 32.4 Å².